The van der Waals surface area contributed by atoms with Crippen molar-refractivity contribution in [2.75, 3.05) is 12.8 Å². The number of aromatic nitrogens is 3. The third-order valence-corrected chi connectivity index (χ3v) is 4.82. The maximum Gasteiger partial charge on any atom is 0.196 e. The van der Waals surface area contributed by atoms with Gasteiger partial charge in [-0.1, -0.05) is 0 Å². The fraction of sp³-hybridized carbons (Fsp3) is 0.467. The Bertz CT molecular complexity index is 676. The van der Waals surface area contributed by atoms with Gasteiger partial charge in [0.2, 0.25) is 0 Å². The first-order valence-corrected chi connectivity index (χ1v) is 8.13. The predicted molar refractivity (Wildman–Crippen MR) is 81.8 cm³/mol. The van der Waals surface area contributed by atoms with E-state index in [1.54, 1.807) is 18.9 Å². The van der Waals surface area contributed by atoms with Gasteiger partial charge in [-0.15, -0.1) is 10.2 Å². The van der Waals surface area contributed by atoms with Gasteiger partial charge < -0.3 is 15.0 Å². The van der Waals surface area contributed by atoms with Crippen LogP contribution < -0.4 is 10.5 Å². The molecule has 2 aliphatic carbocycles. The zero-order valence-corrected chi connectivity index (χ0v) is 12.8. The van der Waals surface area contributed by atoms with E-state index >= 15 is 0 Å². The Labute approximate surface area is 127 Å². The number of benzene rings is 1. The zero-order valence-electron chi connectivity index (χ0n) is 12.0. The van der Waals surface area contributed by atoms with Gasteiger partial charge in [-0.3, -0.25) is 0 Å². The minimum Gasteiger partial charge on any atom is -0.497 e. The van der Waals surface area contributed by atoms with Crippen molar-refractivity contribution >= 4 is 17.4 Å². The standard InChI is InChI=1S/C15H18N4OS/c1-20-12-6-10(16)7-13(8-12)21-15-18-17-14(9-2-3-9)19(15)11-4-5-11/h6-9,11H,2-5,16H2,1H3. The average Bonchev–Trinajstić information content (AvgIpc) is 3.37. The van der Waals surface area contributed by atoms with Gasteiger partial charge in [0.15, 0.2) is 5.16 Å². The molecule has 0 saturated heterocycles. The highest BCUT2D eigenvalue weighted by molar-refractivity contribution is 7.99. The Kier molecular flexibility index (Phi) is 3.06. The predicted octanol–water partition coefficient (Wildman–Crippen LogP) is 3.23. The van der Waals surface area contributed by atoms with Gasteiger partial charge in [0.25, 0.3) is 0 Å². The lowest BCUT2D eigenvalue weighted by molar-refractivity contribution is 0.414. The van der Waals surface area contributed by atoms with Crippen molar-refractivity contribution in [1.29, 1.82) is 0 Å². The third-order valence-electron chi connectivity index (χ3n) is 3.89. The minimum absolute atomic E-state index is 0.598. The van der Waals surface area contributed by atoms with E-state index in [0.717, 1.165) is 15.8 Å². The molecule has 0 atom stereocenters. The average molecular weight is 302 g/mol. The van der Waals surface area contributed by atoms with E-state index in [-0.39, 0.29) is 0 Å². The molecule has 1 heterocycles. The number of methoxy groups -OCH3 is 1. The number of nitrogens with zero attached hydrogens (tertiary/aromatic N) is 3. The van der Waals surface area contributed by atoms with Gasteiger partial charge in [0.05, 0.1) is 7.11 Å². The van der Waals surface area contributed by atoms with Gasteiger partial charge in [0.1, 0.15) is 11.6 Å². The SMILES string of the molecule is COc1cc(N)cc(Sc2nnc(C3CC3)n2C2CC2)c1. The van der Waals surface area contributed by atoms with E-state index in [9.17, 15) is 0 Å². The Morgan fingerprint density at radius 1 is 1.19 bits per heavy atom. The van der Waals surface area contributed by atoms with Crippen LogP contribution in [0.5, 0.6) is 5.75 Å². The Hall–Kier alpha value is -1.69. The van der Waals surface area contributed by atoms with E-state index in [4.69, 9.17) is 10.5 Å². The van der Waals surface area contributed by atoms with Crippen LogP contribution >= 0.6 is 11.8 Å². The van der Waals surface area contributed by atoms with Crippen LogP contribution in [0.3, 0.4) is 0 Å². The number of anilines is 1. The number of hydrogen-bond acceptors (Lipinski definition) is 5. The number of rotatable bonds is 5. The highest BCUT2D eigenvalue weighted by Gasteiger charge is 2.36. The molecule has 5 nitrogen and oxygen atoms in total. The molecule has 1 aromatic heterocycles. The first-order chi connectivity index (χ1) is 10.2. The summed E-state index contributed by atoms with van der Waals surface area (Å²) in [5.41, 5.74) is 6.63. The van der Waals surface area contributed by atoms with Crippen molar-refractivity contribution in [3.05, 3.63) is 24.0 Å². The van der Waals surface area contributed by atoms with Crippen molar-refractivity contribution in [3.8, 4) is 5.75 Å². The molecule has 0 amide bonds. The summed E-state index contributed by atoms with van der Waals surface area (Å²) in [5, 5.41) is 9.82. The summed E-state index contributed by atoms with van der Waals surface area (Å²) in [6, 6.07) is 6.37. The quantitative estimate of drug-likeness (QED) is 0.859. The number of nitrogen functional groups attached to an aromatic ring is 1. The lowest BCUT2D eigenvalue weighted by Crippen LogP contribution is -2.01. The molecule has 6 heteroatoms. The molecular formula is C15H18N4OS. The summed E-state index contributed by atoms with van der Waals surface area (Å²) < 4.78 is 7.63. The number of ether oxygens (including phenoxy) is 1. The molecule has 2 aromatic rings. The summed E-state index contributed by atoms with van der Waals surface area (Å²) >= 11 is 1.62. The van der Waals surface area contributed by atoms with Crippen LogP contribution in [0, 0.1) is 0 Å². The first kappa shape index (κ1) is 13.0. The molecule has 1 aromatic carbocycles. The van der Waals surface area contributed by atoms with Crippen LogP contribution in [-0.2, 0) is 0 Å². The lowest BCUT2D eigenvalue weighted by Gasteiger charge is -2.09. The van der Waals surface area contributed by atoms with Gasteiger partial charge >= 0.3 is 0 Å². The van der Waals surface area contributed by atoms with Gasteiger partial charge in [-0.25, -0.2) is 0 Å². The van der Waals surface area contributed by atoms with Crippen LogP contribution in [0.4, 0.5) is 5.69 Å². The summed E-state index contributed by atoms with van der Waals surface area (Å²) in [6.07, 6.45) is 4.99. The van der Waals surface area contributed by atoms with Crippen molar-refractivity contribution in [2.24, 2.45) is 0 Å². The van der Waals surface area contributed by atoms with E-state index in [1.165, 1.54) is 31.5 Å². The molecule has 2 saturated carbocycles. The monoisotopic (exact) mass is 302 g/mol. The summed E-state index contributed by atoms with van der Waals surface area (Å²) in [6.45, 7) is 0. The molecular weight excluding hydrogens is 284 g/mol. The third kappa shape index (κ3) is 2.60. The van der Waals surface area contributed by atoms with Gasteiger partial charge in [0, 0.05) is 28.6 Å². The van der Waals surface area contributed by atoms with E-state index < -0.39 is 0 Å². The summed E-state index contributed by atoms with van der Waals surface area (Å²) in [4.78, 5) is 1.04. The van der Waals surface area contributed by atoms with E-state index in [0.29, 0.717) is 17.6 Å². The lowest BCUT2D eigenvalue weighted by atomic mass is 10.3. The Morgan fingerprint density at radius 2 is 2.00 bits per heavy atom. The second-order valence-corrected chi connectivity index (χ2v) is 6.80. The second-order valence-electron chi connectivity index (χ2n) is 5.76. The van der Waals surface area contributed by atoms with Crippen LogP contribution in [0.15, 0.2) is 28.3 Å². The van der Waals surface area contributed by atoms with E-state index in [2.05, 4.69) is 14.8 Å². The fourth-order valence-corrected chi connectivity index (χ4v) is 3.53. The molecule has 21 heavy (non-hydrogen) atoms. The minimum atomic E-state index is 0.598. The summed E-state index contributed by atoms with van der Waals surface area (Å²) in [5.74, 6) is 2.58. The molecule has 2 aliphatic rings. The normalized spacial score (nSPS) is 18.0. The molecule has 2 N–H and O–H groups in total. The van der Waals surface area contributed by atoms with E-state index in [1.807, 2.05) is 18.2 Å². The molecule has 0 spiro atoms. The molecule has 0 radical (unpaired) electrons. The fourth-order valence-electron chi connectivity index (χ4n) is 2.53. The number of hydrogen-bond donors (Lipinski definition) is 1. The van der Waals surface area contributed by atoms with Crippen molar-refractivity contribution in [3.63, 3.8) is 0 Å². The molecule has 110 valence electrons. The maximum absolute atomic E-state index is 5.93. The summed E-state index contributed by atoms with van der Waals surface area (Å²) in [7, 11) is 1.65. The number of nitrogens with two attached hydrogens (primary N) is 1. The smallest absolute Gasteiger partial charge is 0.196 e. The molecule has 2 fully saturated rings. The topological polar surface area (TPSA) is 66.0 Å². The molecule has 0 aliphatic heterocycles. The second kappa shape index (κ2) is 4.94. The van der Waals surface area contributed by atoms with Crippen molar-refractivity contribution < 1.29 is 4.74 Å². The zero-order chi connectivity index (χ0) is 14.4. The Morgan fingerprint density at radius 3 is 2.67 bits per heavy atom. The molecule has 0 bridgehead atoms. The first-order valence-electron chi connectivity index (χ1n) is 7.32. The van der Waals surface area contributed by atoms with Crippen LogP contribution in [-0.4, -0.2) is 21.9 Å². The van der Waals surface area contributed by atoms with Crippen molar-refractivity contribution in [2.45, 2.75) is 47.7 Å². The van der Waals surface area contributed by atoms with Crippen LogP contribution in [0.2, 0.25) is 0 Å². The maximum atomic E-state index is 5.93. The van der Waals surface area contributed by atoms with Crippen LogP contribution in [0.1, 0.15) is 43.5 Å². The van der Waals surface area contributed by atoms with Crippen LogP contribution in [0.25, 0.3) is 0 Å². The van der Waals surface area contributed by atoms with Crippen molar-refractivity contribution in [1.82, 2.24) is 14.8 Å². The molecule has 0 unspecified atom stereocenters. The van der Waals surface area contributed by atoms with Gasteiger partial charge in [-0.2, -0.15) is 0 Å². The molecule has 4 rings (SSSR count). The highest BCUT2D eigenvalue weighted by Crippen LogP contribution is 2.47. The largest absolute Gasteiger partial charge is 0.497 e. The highest BCUT2D eigenvalue weighted by atomic mass is 32.2. The Balaban J connectivity index is 1.66. The van der Waals surface area contributed by atoms with Gasteiger partial charge in [-0.05, 0) is 49.6 Å².